The maximum Gasteiger partial charge on any atom is 0.340 e. The number of oxime groups is 1. The Morgan fingerprint density at radius 3 is 2.38 bits per heavy atom. The number of aryl methyl sites for hydroxylation is 1. The molecule has 0 aliphatic rings. The van der Waals surface area contributed by atoms with E-state index >= 15 is 0 Å². The molecule has 1 heterocycles. The molecule has 12 nitrogen and oxygen atoms in total. The summed E-state index contributed by atoms with van der Waals surface area (Å²) in [6.07, 6.45) is 4.42. The lowest BCUT2D eigenvalue weighted by Crippen LogP contribution is -2.32. The lowest BCUT2D eigenvalue weighted by Gasteiger charge is -2.19. The van der Waals surface area contributed by atoms with Crippen LogP contribution in [0.3, 0.4) is 0 Å². The molecule has 0 fully saturated rings. The zero-order valence-corrected chi connectivity index (χ0v) is 23.4. The molecule has 39 heavy (non-hydrogen) atoms. The van der Waals surface area contributed by atoms with E-state index in [4.69, 9.17) is 19.6 Å². The number of hydrogen-bond acceptors (Lipinski definition) is 9. The molecule has 14 heteroatoms. The Labute approximate surface area is 228 Å². The number of rotatable bonds is 13. The van der Waals surface area contributed by atoms with Gasteiger partial charge in [0, 0.05) is 32.1 Å². The predicted octanol–water partition coefficient (Wildman–Crippen LogP) is 2.56. The molecule has 0 aliphatic carbocycles. The van der Waals surface area contributed by atoms with Crippen molar-refractivity contribution in [3.63, 3.8) is 0 Å². The molecule has 0 radical (unpaired) electrons. The van der Waals surface area contributed by atoms with Gasteiger partial charge in [-0.1, -0.05) is 19.1 Å². The third-order valence-corrected chi connectivity index (χ3v) is 8.58. The third kappa shape index (κ3) is 8.38. The maximum absolute atomic E-state index is 13.4. The molecule has 0 saturated heterocycles. The van der Waals surface area contributed by atoms with Crippen LogP contribution in [-0.2, 0) is 31.4 Å². The minimum Gasteiger partial charge on any atom is -0.379 e. The Bertz CT molecular complexity index is 1500. The first-order valence-corrected chi connectivity index (χ1v) is 14.8. The molecule has 3 rings (SSSR count). The van der Waals surface area contributed by atoms with Crippen molar-refractivity contribution in [3.05, 3.63) is 78.1 Å². The maximum atomic E-state index is 13.4. The highest BCUT2D eigenvalue weighted by atomic mass is 32.2. The Balaban J connectivity index is 1.81. The van der Waals surface area contributed by atoms with Gasteiger partial charge in [0.05, 0.1) is 6.61 Å². The summed E-state index contributed by atoms with van der Waals surface area (Å²) in [5.41, 5.74) is 9.54. The normalized spacial score (nSPS) is 12.4. The quantitative estimate of drug-likeness (QED) is 0.101. The van der Waals surface area contributed by atoms with E-state index < -0.39 is 29.9 Å². The van der Waals surface area contributed by atoms with Gasteiger partial charge in [0.1, 0.15) is 15.5 Å². The first-order chi connectivity index (χ1) is 18.5. The van der Waals surface area contributed by atoms with E-state index in [2.05, 4.69) is 15.6 Å². The van der Waals surface area contributed by atoms with Crippen molar-refractivity contribution < 1.29 is 30.7 Å². The second-order valence-electron chi connectivity index (χ2n) is 8.42. The standard InChI is InChI=1S/C25H31N5O7S2/c1-4-15-35-28-25(26)29-36-21-16-19(2)17-22(18-21)37-39(33,34)24-8-6-5-7-23(24)38(31,32)30(3)14-11-20-9-12-27-13-10-20/h5-10,12-13,16-18H,4,11,14-15H2,1-3H3,(H3,26,28,29). The van der Waals surface area contributed by atoms with Crippen molar-refractivity contribution in [1.29, 1.82) is 0 Å². The van der Waals surface area contributed by atoms with Crippen molar-refractivity contribution in [2.24, 2.45) is 10.9 Å². The van der Waals surface area contributed by atoms with Crippen LogP contribution in [0.5, 0.6) is 11.5 Å². The van der Waals surface area contributed by atoms with Gasteiger partial charge in [-0.15, -0.1) is 0 Å². The minimum absolute atomic E-state index is 0.104. The Morgan fingerprint density at radius 1 is 1.03 bits per heavy atom. The number of nitrogens with one attached hydrogen (secondary N) is 1. The smallest absolute Gasteiger partial charge is 0.340 e. The van der Waals surface area contributed by atoms with Crippen LogP contribution < -0.4 is 20.2 Å². The summed E-state index contributed by atoms with van der Waals surface area (Å²) < 4.78 is 59.7. The van der Waals surface area contributed by atoms with E-state index in [-0.39, 0.29) is 24.0 Å². The number of hydrogen-bond donors (Lipinski definition) is 2. The molecule has 1 aromatic heterocycles. The zero-order chi connectivity index (χ0) is 28.5. The van der Waals surface area contributed by atoms with Crippen molar-refractivity contribution in [2.75, 3.05) is 20.2 Å². The lowest BCUT2D eigenvalue weighted by atomic mass is 10.2. The Hall–Kier alpha value is -3.72. The third-order valence-electron chi connectivity index (χ3n) is 5.23. The summed E-state index contributed by atoms with van der Waals surface area (Å²) in [6, 6.07) is 13.2. The summed E-state index contributed by atoms with van der Waals surface area (Å²) in [5, 5.41) is 3.67. The molecule has 0 unspecified atom stereocenters. The van der Waals surface area contributed by atoms with E-state index in [0.29, 0.717) is 18.6 Å². The molecule has 3 aromatic rings. The lowest BCUT2D eigenvalue weighted by molar-refractivity contribution is 0.0824. The molecule has 0 amide bonds. The van der Waals surface area contributed by atoms with Crippen molar-refractivity contribution >= 4 is 26.1 Å². The topological polar surface area (TPSA) is 163 Å². The van der Waals surface area contributed by atoms with Crippen LogP contribution in [-0.4, -0.2) is 52.3 Å². The van der Waals surface area contributed by atoms with E-state index in [0.717, 1.165) is 16.3 Å². The van der Waals surface area contributed by atoms with Crippen LogP contribution in [0.2, 0.25) is 0 Å². The number of guanidine groups is 1. The Kier molecular flexibility index (Phi) is 10.2. The predicted molar refractivity (Wildman–Crippen MR) is 145 cm³/mol. The van der Waals surface area contributed by atoms with Gasteiger partial charge in [-0.05, 0) is 72.4 Å². The number of nitrogens with two attached hydrogens (primary N) is 1. The highest BCUT2D eigenvalue weighted by Crippen LogP contribution is 2.29. The number of aromatic nitrogens is 1. The summed E-state index contributed by atoms with van der Waals surface area (Å²) in [4.78, 5) is 13.3. The molecule has 0 saturated carbocycles. The number of hydroxylamine groups is 1. The average Bonchev–Trinajstić information content (AvgIpc) is 2.90. The van der Waals surface area contributed by atoms with Gasteiger partial charge >= 0.3 is 10.1 Å². The summed E-state index contributed by atoms with van der Waals surface area (Å²) >= 11 is 0. The highest BCUT2D eigenvalue weighted by molar-refractivity contribution is 7.91. The number of sulfonamides is 1. The molecular weight excluding hydrogens is 546 g/mol. The van der Waals surface area contributed by atoms with E-state index in [1.807, 2.05) is 6.92 Å². The Morgan fingerprint density at radius 2 is 1.69 bits per heavy atom. The molecule has 0 atom stereocenters. The van der Waals surface area contributed by atoms with Crippen LogP contribution in [0.25, 0.3) is 0 Å². The van der Waals surface area contributed by atoms with Crippen LogP contribution in [0.1, 0.15) is 24.5 Å². The number of pyridine rings is 1. The molecular formula is C25H31N5O7S2. The molecule has 0 aliphatic heterocycles. The molecule has 0 spiro atoms. The monoisotopic (exact) mass is 577 g/mol. The number of nitrogens with zero attached hydrogens (tertiary/aromatic N) is 3. The van der Waals surface area contributed by atoms with Crippen molar-refractivity contribution in [2.45, 2.75) is 36.5 Å². The largest absolute Gasteiger partial charge is 0.379 e. The fourth-order valence-electron chi connectivity index (χ4n) is 3.33. The van der Waals surface area contributed by atoms with Crippen molar-refractivity contribution in [3.8, 4) is 11.5 Å². The van der Waals surface area contributed by atoms with Gasteiger partial charge in [-0.3, -0.25) is 9.82 Å². The van der Waals surface area contributed by atoms with Gasteiger partial charge < -0.3 is 14.8 Å². The highest BCUT2D eigenvalue weighted by Gasteiger charge is 2.30. The van der Waals surface area contributed by atoms with Crippen molar-refractivity contribution in [1.82, 2.24) is 14.8 Å². The number of benzene rings is 2. The van der Waals surface area contributed by atoms with Crippen LogP contribution in [0, 0.1) is 6.92 Å². The molecule has 0 bridgehead atoms. The van der Waals surface area contributed by atoms with Crippen LogP contribution >= 0.6 is 0 Å². The molecule has 210 valence electrons. The second kappa shape index (κ2) is 13.4. The SMILES string of the molecule is CCCONC(N)=NOc1cc(C)cc(OS(=O)(=O)c2ccccc2S(=O)(=O)N(C)CCc2ccncc2)c1. The summed E-state index contributed by atoms with van der Waals surface area (Å²) in [5.74, 6) is -0.114. The minimum atomic E-state index is -4.57. The summed E-state index contributed by atoms with van der Waals surface area (Å²) in [6.45, 7) is 4.15. The van der Waals surface area contributed by atoms with Crippen LogP contribution in [0.15, 0.2) is 81.9 Å². The van der Waals surface area contributed by atoms with Gasteiger partial charge in [0.2, 0.25) is 10.0 Å². The fourth-order valence-corrected chi connectivity index (χ4v) is 6.19. The second-order valence-corrected chi connectivity index (χ2v) is 11.9. The fraction of sp³-hybridized carbons (Fsp3) is 0.280. The van der Waals surface area contributed by atoms with Gasteiger partial charge in [-0.2, -0.15) is 8.42 Å². The molecule has 3 N–H and O–H groups in total. The first kappa shape index (κ1) is 29.8. The van der Waals surface area contributed by atoms with E-state index in [1.54, 1.807) is 37.5 Å². The first-order valence-electron chi connectivity index (χ1n) is 11.9. The van der Waals surface area contributed by atoms with Gasteiger partial charge in [0.25, 0.3) is 5.96 Å². The summed E-state index contributed by atoms with van der Waals surface area (Å²) in [7, 11) is -7.36. The average molecular weight is 578 g/mol. The zero-order valence-electron chi connectivity index (χ0n) is 21.8. The van der Waals surface area contributed by atoms with E-state index in [1.165, 1.54) is 43.4 Å². The van der Waals surface area contributed by atoms with Gasteiger partial charge in [-0.25, -0.2) is 18.2 Å². The molecule has 2 aromatic carbocycles. The van der Waals surface area contributed by atoms with Crippen LogP contribution in [0.4, 0.5) is 0 Å². The van der Waals surface area contributed by atoms with Gasteiger partial charge in [0.15, 0.2) is 5.75 Å². The van der Waals surface area contributed by atoms with E-state index in [9.17, 15) is 16.8 Å². The number of likely N-dealkylation sites (N-methyl/N-ethyl adjacent to an activating group) is 1.